The number of hydrogen-bond acceptors (Lipinski definition) is 4. The van der Waals surface area contributed by atoms with Crippen LogP contribution in [0.15, 0.2) is 54.6 Å². The monoisotopic (exact) mass is 318 g/mol. The number of benzene rings is 2. The highest BCUT2D eigenvalue weighted by Crippen LogP contribution is 2.25. The van der Waals surface area contributed by atoms with Crippen molar-refractivity contribution in [2.24, 2.45) is 0 Å². The minimum atomic E-state index is 0.271. The molecule has 3 rings (SSSR count). The smallest absolute Gasteiger partial charge is 0.253 e. The fourth-order valence-electron chi connectivity index (χ4n) is 2.45. The molecule has 2 aromatic carbocycles. The van der Waals surface area contributed by atoms with Gasteiger partial charge in [-0.15, -0.1) is 5.10 Å². The lowest BCUT2D eigenvalue weighted by molar-refractivity contribution is 0.289. The Kier molecular flexibility index (Phi) is 4.48. The number of nitriles is 1. The molecule has 0 bridgehead atoms. The summed E-state index contributed by atoms with van der Waals surface area (Å²) in [4.78, 5) is 0. The highest BCUT2D eigenvalue weighted by atomic mass is 16.5. The van der Waals surface area contributed by atoms with E-state index in [1.54, 1.807) is 4.68 Å². The van der Waals surface area contributed by atoms with Gasteiger partial charge in [0.2, 0.25) is 0 Å². The summed E-state index contributed by atoms with van der Waals surface area (Å²) >= 11 is 0. The molecule has 0 fully saturated rings. The second-order valence-corrected chi connectivity index (χ2v) is 5.54. The topological polar surface area (TPSA) is 76.9 Å². The van der Waals surface area contributed by atoms with Crippen LogP contribution in [-0.2, 0) is 13.2 Å². The first-order valence-electron chi connectivity index (χ1n) is 7.66. The van der Waals surface area contributed by atoms with Crippen LogP contribution in [0.2, 0.25) is 0 Å². The van der Waals surface area contributed by atoms with Crippen LogP contribution in [0.1, 0.15) is 22.3 Å². The van der Waals surface area contributed by atoms with E-state index in [9.17, 15) is 5.26 Å². The zero-order valence-electron chi connectivity index (χ0n) is 13.4. The highest BCUT2D eigenvalue weighted by molar-refractivity contribution is 5.55. The van der Waals surface area contributed by atoms with E-state index in [1.165, 1.54) is 0 Å². The van der Waals surface area contributed by atoms with Crippen LogP contribution in [0.25, 0.3) is 0 Å². The van der Waals surface area contributed by atoms with Gasteiger partial charge in [0.15, 0.2) is 5.56 Å². The number of nitrogen functional groups attached to an aromatic ring is 1. The summed E-state index contributed by atoms with van der Waals surface area (Å²) in [5.41, 5.74) is 9.62. The number of hydrogen-bond donors (Lipinski definition) is 1. The minimum Gasteiger partial charge on any atom is -0.471 e. The maximum atomic E-state index is 9.37. The van der Waals surface area contributed by atoms with Gasteiger partial charge in [-0.2, -0.15) is 5.26 Å². The quantitative estimate of drug-likeness (QED) is 0.783. The molecule has 0 radical (unpaired) electrons. The number of aryl methyl sites for hydroxylation is 1. The third-order valence-corrected chi connectivity index (χ3v) is 3.87. The molecule has 1 aromatic heterocycles. The molecule has 0 aliphatic carbocycles. The van der Waals surface area contributed by atoms with Gasteiger partial charge in [-0.05, 0) is 23.6 Å². The van der Waals surface area contributed by atoms with Crippen molar-refractivity contribution in [1.82, 2.24) is 9.78 Å². The number of rotatable bonds is 5. The van der Waals surface area contributed by atoms with Crippen molar-refractivity contribution in [3.8, 4) is 11.9 Å². The van der Waals surface area contributed by atoms with Crippen LogP contribution in [0, 0.1) is 18.3 Å². The zero-order valence-corrected chi connectivity index (χ0v) is 13.4. The molecular formula is C19H18N4O. The standard InChI is InChI=1S/C19H18N4O/c1-14-7-5-6-10-16(14)12-23-18(21)17(11-20)19(22-23)24-13-15-8-3-2-4-9-15/h2-10H,12-13,21H2,1H3. The minimum absolute atomic E-state index is 0.271. The van der Waals surface area contributed by atoms with Gasteiger partial charge >= 0.3 is 0 Å². The van der Waals surface area contributed by atoms with E-state index in [-0.39, 0.29) is 11.4 Å². The Labute approximate surface area is 140 Å². The van der Waals surface area contributed by atoms with Crippen molar-refractivity contribution in [3.63, 3.8) is 0 Å². The molecule has 1 heterocycles. The third kappa shape index (κ3) is 3.23. The van der Waals surface area contributed by atoms with Gasteiger partial charge < -0.3 is 10.5 Å². The fraction of sp³-hybridized carbons (Fsp3) is 0.158. The Morgan fingerprint density at radius 2 is 1.83 bits per heavy atom. The van der Waals surface area contributed by atoms with Gasteiger partial charge in [-0.1, -0.05) is 54.6 Å². The second-order valence-electron chi connectivity index (χ2n) is 5.54. The fourth-order valence-corrected chi connectivity index (χ4v) is 2.45. The van der Waals surface area contributed by atoms with Crippen molar-refractivity contribution in [2.75, 3.05) is 5.73 Å². The zero-order chi connectivity index (χ0) is 16.9. The molecule has 0 aliphatic rings. The average molecular weight is 318 g/mol. The molecule has 0 amide bonds. The number of ether oxygens (including phenoxy) is 1. The average Bonchev–Trinajstić information content (AvgIpc) is 2.91. The molecule has 0 saturated heterocycles. The van der Waals surface area contributed by atoms with Gasteiger partial charge in [0, 0.05) is 0 Å². The first-order chi connectivity index (χ1) is 11.7. The van der Waals surface area contributed by atoms with Gasteiger partial charge in [0.05, 0.1) is 6.54 Å². The predicted octanol–water partition coefficient (Wildman–Crippen LogP) is 3.27. The Hall–Kier alpha value is -3.26. The van der Waals surface area contributed by atoms with Crippen LogP contribution in [0.3, 0.4) is 0 Å². The summed E-state index contributed by atoms with van der Waals surface area (Å²) in [6, 6.07) is 19.8. The van der Waals surface area contributed by atoms with Crippen molar-refractivity contribution in [1.29, 1.82) is 5.26 Å². The maximum absolute atomic E-state index is 9.37. The first kappa shape index (κ1) is 15.6. The van der Waals surface area contributed by atoms with Crippen molar-refractivity contribution in [3.05, 3.63) is 76.9 Å². The molecule has 0 atom stereocenters. The lowest BCUT2D eigenvalue weighted by Crippen LogP contribution is -2.07. The number of aromatic nitrogens is 2. The molecule has 5 nitrogen and oxygen atoms in total. The summed E-state index contributed by atoms with van der Waals surface area (Å²) in [5.74, 6) is 0.594. The lowest BCUT2D eigenvalue weighted by atomic mass is 10.1. The number of anilines is 1. The molecule has 0 aliphatic heterocycles. The van der Waals surface area contributed by atoms with E-state index < -0.39 is 0 Å². The molecule has 3 aromatic rings. The van der Waals surface area contributed by atoms with Crippen LogP contribution < -0.4 is 10.5 Å². The molecule has 0 saturated carbocycles. The van der Waals surface area contributed by atoms with Crippen LogP contribution in [-0.4, -0.2) is 9.78 Å². The molecule has 5 heteroatoms. The van der Waals surface area contributed by atoms with Gasteiger partial charge in [0.1, 0.15) is 18.5 Å². The van der Waals surface area contributed by atoms with Gasteiger partial charge in [0.25, 0.3) is 5.88 Å². The summed E-state index contributed by atoms with van der Waals surface area (Å²) in [6.45, 7) is 2.88. The lowest BCUT2D eigenvalue weighted by Gasteiger charge is -2.07. The van der Waals surface area contributed by atoms with E-state index in [0.29, 0.717) is 19.0 Å². The van der Waals surface area contributed by atoms with E-state index in [2.05, 4.69) is 11.2 Å². The summed E-state index contributed by atoms with van der Waals surface area (Å²) in [5, 5.41) is 13.7. The van der Waals surface area contributed by atoms with Crippen molar-refractivity contribution >= 4 is 5.82 Å². The Bertz CT molecular complexity index is 878. The van der Waals surface area contributed by atoms with Crippen LogP contribution in [0.5, 0.6) is 5.88 Å². The van der Waals surface area contributed by atoms with Crippen LogP contribution in [0.4, 0.5) is 5.82 Å². The van der Waals surface area contributed by atoms with Gasteiger partial charge in [-0.25, -0.2) is 4.68 Å². The highest BCUT2D eigenvalue weighted by Gasteiger charge is 2.17. The van der Waals surface area contributed by atoms with Gasteiger partial charge in [-0.3, -0.25) is 0 Å². The molecule has 120 valence electrons. The Balaban J connectivity index is 1.83. The number of nitrogens with zero attached hydrogens (tertiary/aromatic N) is 3. The summed E-state index contributed by atoms with van der Waals surface area (Å²) in [7, 11) is 0. The third-order valence-electron chi connectivity index (χ3n) is 3.87. The molecule has 2 N–H and O–H groups in total. The predicted molar refractivity (Wildman–Crippen MR) is 92.4 cm³/mol. The largest absolute Gasteiger partial charge is 0.471 e. The van der Waals surface area contributed by atoms with Crippen molar-refractivity contribution < 1.29 is 4.74 Å². The normalized spacial score (nSPS) is 10.3. The van der Waals surface area contributed by atoms with E-state index >= 15 is 0 Å². The second kappa shape index (κ2) is 6.88. The Morgan fingerprint density at radius 3 is 2.54 bits per heavy atom. The van der Waals surface area contributed by atoms with Crippen molar-refractivity contribution in [2.45, 2.75) is 20.1 Å². The molecule has 24 heavy (non-hydrogen) atoms. The molecule has 0 spiro atoms. The van der Waals surface area contributed by atoms with E-state index in [1.807, 2.05) is 61.5 Å². The van der Waals surface area contributed by atoms with Crippen LogP contribution >= 0.6 is 0 Å². The number of nitrogens with two attached hydrogens (primary N) is 1. The summed E-state index contributed by atoms with van der Waals surface area (Å²) in [6.07, 6.45) is 0. The first-order valence-corrected chi connectivity index (χ1v) is 7.66. The van der Waals surface area contributed by atoms with E-state index in [0.717, 1.165) is 16.7 Å². The SMILES string of the molecule is Cc1ccccc1Cn1nc(OCc2ccccc2)c(C#N)c1N. The molecule has 0 unspecified atom stereocenters. The maximum Gasteiger partial charge on any atom is 0.253 e. The Morgan fingerprint density at radius 1 is 1.12 bits per heavy atom. The summed E-state index contributed by atoms with van der Waals surface area (Å²) < 4.78 is 7.32. The van der Waals surface area contributed by atoms with E-state index in [4.69, 9.17) is 10.5 Å². The molecular weight excluding hydrogens is 300 g/mol.